The Kier molecular flexibility index (Phi) is 3.75. The first kappa shape index (κ1) is 12.3. The van der Waals surface area contributed by atoms with E-state index in [9.17, 15) is 0 Å². The number of benzene rings is 1. The number of nitrogens with one attached hydrogen (secondary N) is 2. The molecule has 2 rings (SSSR count). The number of nitrogens with zero attached hydrogens (tertiary/aromatic N) is 3. The zero-order valence-corrected chi connectivity index (χ0v) is 11.2. The molecule has 0 radical (unpaired) electrons. The van der Waals surface area contributed by atoms with Crippen LogP contribution in [0.4, 0.5) is 17.5 Å². The number of hydrogen-bond acceptors (Lipinski definition) is 5. The molecule has 18 heavy (non-hydrogen) atoms. The van der Waals surface area contributed by atoms with Crippen molar-refractivity contribution in [3.63, 3.8) is 0 Å². The highest BCUT2D eigenvalue weighted by molar-refractivity contribution is 9.10. The van der Waals surface area contributed by atoms with Crippen molar-refractivity contribution in [2.45, 2.75) is 0 Å². The van der Waals surface area contributed by atoms with Crippen LogP contribution in [0.15, 0.2) is 34.9 Å². The van der Waals surface area contributed by atoms with Gasteiger partial charge < -0.3 is 10.6 Å². The van der Waals surface area contributed by atoms with Crippen molar-refractivity contribution in [3.8, 4) is 6.07 Å². The fourth-order valence-electron chi connectivity index (χ4n) is 1.40. The summed E-state index contributed by atoms with van der Waals surface area (Å²) >= 11 is 3.33. The molecule has 0 spiro atoms. The molecule has 0 aliphatic carbocycles. The van der Waals surface area contributed by atoms with Gasteiger partial charge in [-0.1, -0.05) is 15.9 Å². The first-order valence-electron chi connectivity index (χ1n) is 5.20. The molecule has 0 fully saturated rings. The van der Waals surface area contributed by atoms with Gasteiger partial charge in [0.2, 0.25) is 5.95 Å². The van der Waals surface area contributed by atoms with Crippen LogP contribution in [0.1, 0.15) is 5.56 Å². The van der Waals surface area contributed by atoms with E-state index in [1.165, 1.54) is 0 Å². The lowest BCUT2D eigenvalue weighted by Gasteiger charge is -2.08. The number of hydrogen-bond donors (Lipinski definition) is 2. The number of anilines is 3. The van der Waals surface area contributed by atoms with Crippen molar-refractivity contribution in [3.05, 3.63) is 40.5 Å². The lowest BCUT2D eigenvalue weighted by atomic mass is 10.2. The van der Waals surface area contributed by atoms with Gasteiger partial charge in [-0.15, -0.1) is 0 Å². The molecule has 0 aliphatic rings. The Morgan fingerprint density at radius 1 is 1.33 bits per heavy atom. The highest BCUT2D eigenvalue weighted by atomic mass is 79.9. The van der Waals surface area contributed by atoms with Gasteiger partial charge in [0.25, 0.3) is 0 Å². The molecule has 0 saturated heterocycles. The van der Waals surface area contributed by atoms with Gasteiger partial charge in [-0.2, -0.15) is 10.2 Å². The fourth-order valence-corrected chi connectivity index (χ4v) is 1.77. The Labute approximate surface area is 113 Å². The summed E-state index contributed by atoms with van der Waals surface area (Å²) < 4.78 is 0.864. The topological polar surface area (TPSA) is 73.6 Å². The fraction of sp³-hybridized carbons (Fsp3) is 0.0833. The van der Waals surface area contributed by atoms with E-state index in [-0.39, 0.29) is 0 Å². The molecule has 1 heterocycles. The molecule has 6 heteroatoms. The summed E-state index contributed by atoms with van der Waals surface area (Å²) in [5.41, 5.74) is 1.26. The number of nitriles is 1. The summed E-state index contributed by atoms with van der Waals surface area (Å²) in [5, 5.41) is 15.0. The molecule has 2 N–H and O–H groups in total. The van der Waals surface area contributed by atoms with Gasteiger partial charge in [0.05, 0.1) is 11.3 Å². The molecule has 0 bridgehead atoms. The highest BCUT2D eigenvalue weighted by Gasteiger charge is 2.04. The Hall–Kier alpha value is -2.13. The normalized spacial score (nSPS) is 9.61. The van der Waals surface area contributed by atoms with E-state index in [1.807, 2.05) is 12.1 Å². The summed E-state index contributed by atoms with van der Waals surface area (Å²) in [6.07, 6.45) is 1.64. The quantitative estimate of drug-likeness (QED) is 0.912. The molecule has 1 aromatic heterocycles. The van der Waals surface area contributed by atoms with E-state index in [0.717, 1.165) is 4.47 Å². The van der Waals surface area contributed by atoms with Crippen LogP contribution in [0.25, 0.3) is 0 Å². The molecule has 5 nitrogen and oxygen atoms in total. The molecule has 1 aromatic carbocycles. The van der Waals surface area contributed by atoms with Gasteiger partial charge >= 0.3 is 0 Å². The second kappa shape index (κ2) is 5.47. The molecule has 90 valence electrons. The average molecular weight is 304 g/mol. The smallest absolute Gasteiger partial charge is 0.224 e. The van der Waals surface area contributed by atoms with E-state index in [0.29, 0.717) is 23.0 Å². The Morgan fingerprint density at radius 3 is 2.89 bits per heavy atom. The third kappa shape index (κ3) is 2.76. The predicted molar refractivity (Wildman–Crippen MR) is 73.7 cm³/mol. The zero-order chi connectivity index (χ0) is 13.0. The molecule has 0 amide bonds. The van der Waals surface area contributed by atoms with E-state index >= 15 is 0 Å². The molecular formula is C12H10BrN5. The van der Waals surface area contributed by atoms with Crippen LogP contribution in [-0.2, 0) is 0 Å². The first-order chi connectivity index (χ1) is 8.72. The zero-order valence-electron chi connectivity index (χ0n) is 9.61. The van der Waals surface area contributed by atoms with Crippen molar-refractivity contribution in [2.24, 2.45) is 0 Å². The Balaban J connectivity index is 2.31. The highest BCUT2D eigenvalue weighted by Crippen LogP contribution is 2.23. The second-order valence-corrected chi connectivity index (χ2v) is 4.36. The monoisotopic (exact) mass is 303 g/mol. The molecule has 0 atom stereocenters. The molecule has 2 aromatic rings. The Morgan fingerprint density at radius 2 is 2.17 bits per heavy atom. The lowest BCUT2D eigenvalue weighted by Crippen LogP contribution is -2.00. The van der Waals surface area contributed by atoms with Crippen LogP contribution in [0.2, 0.25) is 0 Å². The van der Waals surface area contributed by atoms with Gasteiger partial charge in [-0.25, -0.2) is 4.98 Å². The van der Waals surface area contributed by atoms with Crippen molar-refractivity contribution in [1.82, 2.24) is 9.97 Å². The third-order valence-corrected chi connectivity index (χ3v) is 2.74. The van der Waals surface area contributed by atoms with Crippen LogP contribution in [0, 0.1) is 11.3 Å². The summed E-state index contributed by atoms with van der Waals surface area (Å²) in [7, 11) is 1.75. The van der Waals surface area contributed by atoms with E-state index in [1.54, 1.807) is 25.4 Å². The van der Waals surface area contributed by atoms with Gasteiger partial charge in [0, 0.05) is 17.7 Å². The average Bonchev–Trinajstić information content (AvgIpc) is 2.41. The van der Waals surface area contributed by atoms with Crippen LogP contribution in [-0.4, -0.2) is 17.0 Å². The van der Waals surface area contributed by atoms with Gasteiger partial charge in [0.1, 0.15) is 11.9 Å². The van der Waals surface area contributed by atoms with E-state index in [4.69, 9.17) is 5.26 Å². The lowest BCUT2D eigenvalue weighted by molar-refractivity contribution is 1.15. The maximum atomic E-state index is 9.07. The predicted octanol–water partition coefficient (Wildman–Crippen LogP) is 2.90. The Bertz CT molecular complexity index is 606. The molecule has 0 saturated carbocycles. The largest absolute Gasteiger partial charge is 0.357 e. The van der Waals surface area contributed by atoms with Crippen LogP contribution < -0.4 is 10.6 Å². The van der Waals surface area contributed by atoms with Crippen molar-refractivity contribution < 1.29 is 0 Å². The maximum absolute atomic E-state index is 9.07. The number of rotatable bonds is 3. The number of aromatic nitrogens is 2. The maximum Gasteiger partial charge on any atom is 0.224 e. The minimum atomic E-state index is 0.524. The SMILES string of the molecule is CNc1nccc(Nc2ccc(Br)cc2C#N)n1. The van der Waals surface area contributed by atoms with Crippen molar-refractivity contribution in [2.75, 3.05) is 17.7 Å². The minimum absolute atomic E-state index is 0.524. The van der Waals surface area contributed by atoms with Crippen molar-refractivity contribution in [1.29, 1.82) is 5.26 Å². The third-order valence-electron chi connectivity index (χ3n) is 2.24. The standard InChI is InChI=1S/C12H10BrN5/c1-15-12-16-5-4-11(18-12)17-10-3-2-9(13)6-8(10)7-14/h2-6H,1H3,(H2,15,16,17,18). The van der Waals surface area contributed by atoms with E-state index in [2.05, 4.69) is 42.6 Å². The van der Waals surface area contributed by atoms with Crippen molar-refractivity contribution >= 4 is 33.4 Å². The van der Waals surface area contributed by atoms with Gasteiger partial charge in [-0.05, 0) is 24.3 Å². The van der Waals surface area contributed by atoms with Gasteiger partial charge in [0.15, 0.2) is 0 Å². The summed E-state index contributed by atoms with van der Waals surface area (Å²) in [6, 6.07) is 9.31. The van der Waals surface area contributed by atoms with Gasteiger partial charge in [-0.3, -0.25) is 0 Å². The summed E-state index contributed by atoms with van der Waals surface area (Å²) in [6.45, 7) is 0. The van der Waals surface area contributed by atoms with Crippen LogP contribution in [0.5, 0.6) is 0 Å². The minimum Gasteiger partial charge on any atom is -0.357 e. The second-order valence-electron chi connectivity index (χ2n) is 3.44. The van der Waals surface area contributed by atoms with Crippen LogP contribution >= 0.6 is 15.9 Å². The number of halogens is 1. The first-order valence-corrected chi connectivity index (χ1v) is 5.99. The molecular weight excluding hydrogens is 294 g/mol. The molecule has 0 aliphatic heterocycles. The molecule has 0 unspecified atom stereocenters. The van der Waals surface area contributed by atoms with Crippen LogP contribution in [0.3, 0.4) is 0 Å². The summed E-state index contributed by atoms with van der Waals surface area (Å²) in [5.74, 6) is 1.16. The van der Waals surface area contributed by atoms with E-state index < -0.39 is 0 Å². The summed E-state index contributed by atoms with van der Waals surface area (Å²) in [4.78, 5) is 8.25.